The van der Waals surface area contributed by atoms with E-state index in [1.54, 1.807) is 30.4 Å². The number of hydrogen-bond donors (Lipinski definition) is 1. The number of nitrogens with zero attached hydrogens (tertiary/aromatic N) is 2. The van der Waals surface area contributed by atoms with Crippen molar-refractivity contribution in [3.63, 3.8) is 0 Å². The van der Waals surface area contributed by atoms with Crippen molar-refractivity contribution in [1.82, 2.24) is 15.2 Å². The number of benzene rings is 1. The maximum atomic E-state index is 13.6. The zero-order chi connectivity index (χ0) is 23.4. The second-order valence-electron chi connectivity index (χ2n) is 7.93. The van der Waals surface area contributed by atoms with Crippen LogP contribution in [0.3, 0.4) is 0 Å². The third-order valence-corrected chi connectivity index (χ3v) is 5.92. The molecule has 8 heteroatoms. The van der Waals surface area contributed by atoms with E-state index < -0.39 is 5.78 Å². The molecule has 1 fully saturated rings. The van der Waals surface area contributed by atoms with E-state index in [2.05, 4.69) is 10.3 Å². The fraction of sp³-hybridized carbons (Fsp3) is 0.280. The summed E-state index contributed by atoms with van der Waals surface area (Å²) in [6.07, 6.45) is 7.32. The van der Waals surface area contributed by atoms with Crippen LogP contribution in [0.2, 0.25) is 0 Å². The van der Waals surface area contributed by atoms with Gasteiger partial charge in [-0.3, -0.25) is 19.4 Å². The van der Waals surface area contributed by atoms with E-state index in [4.69, 9.17) is 11.6 Å². The molecule has 0 atom stereocenters. The number of fused-ring (bicyclic) bond motifs is 1. The Kier molecular flexibility index (Phi) is 6.99. The van der Waals surface area contributed by atoms with Gasteiger partial charge in [-0.05, 0) is 48.6 Å². The van der Waals surface area contributed by atoms with Crippen molar-refractivity contribution in [2.75, 3.05) is 19.0 Å². The Labute approximate surface area is 196 Å². The van der Waals surface area contributed by atoms with E-state index in [0.29, 0.717) is 31.0 Å². The van der Waals surface area contributed by atoms with Crippen LogP contribution in [0.1, 0.15) is 57.7 Å². The van der Waals surface area contributed by atoms with E-state index in [0.717, 1.165) is 18.4 Å². The lowest BCUT2D eigenvalue weighted by Crippen LogP contribution is -2.40. The molecule has 0 unspecified atom stereocenters. The summed E-state index contributed by atoms with van der Waals surface area (Å²) in [7, 11) is 0. The third-order valence-electron chi connectivity index (χ3n) is 5.65. The minimum absolute atomic E-state index is 0.00148. The van der Waals surface area contributed by atoms with Crippen LogP contribution >= 0.6 is 11.6 Å². The molecule has 1 aliphatic heterocycles. The number of halogens is 2. The van der Waals surface area contributed by atoms with E-state index in [9.17, 15) is 18.8 Å². The standard InChI is InChI=1S/C25H23ClFN3O3/c26-12-3-4-19(31)29-22-23(30-14-1-2-15-30)25(33)21-20(24(22)32)17(11-13-28-21)8-5-16-6-9-18(27)10-7-16/h5-11,13H,1-4,12,14-15H2,(H,29,31)/b8-5+. The van der Waals surface area contributed by atoms with Crippen molar-refractivity contribution in [3.8, 4) is 0 Å². The van der Waals surface area contributed by atoms with Crippen LogP contribution in [0.15, 0.2) is 47.9 Å². The lowest BCUT2D eigenvalue weighted by Gasteiger charge is -2.28. The predicted octanol–water partition coefficient (Wildman–Crippen LogP) is 4.21. The van der Waals surface area contributed by atoms with Gasteiger partial charge in [0.25, 0.3) is 0 Å². The lowest BCUT2D eigenvalue weighted by atomic mass is 9.89. The fourth-order valence-electron chi connectivity index (χ4n) is 4.03. The van der Waals surface area contributed by atoms with Crippen LogP contribution in [0.25, 0.3) is 12.2 Å². The van der Waals surface area contributed by atoms with Gasteiger partial charge in [0.05, 0.1) is 5.56 Å². The Morgan fingerprint density at radius 1 is 1.09 bits per heavy atom. The molecular weight excluding hydrogens is 445 g/mol. The van der Waals surface area contributed by atoms with Gasteiger partial charge in [0, 0.05) is 31.6 Å². The first-order valence-electron chi connectivity index (χ1n) is 10.9. The summed E-state index contributed by atoms with van der Waals surface area (Å²) in [4.78, 5) is 45.6. The average Bonchev–Trinajstić information content (AvgIpc) is 3.35. The van der Waals surface area contributed by atoms with Gasteiger partial charge < -0.3 is 10.2 Å². The van der Waals surface area contributed by atoms with Crippen LogP contribution in [0.5, 0.6) is 0 Å². The highest BCUT2D eigenvalue weighted by Crippen LogP contribution is 2.31. The molecule has 170 valence electrons. The number of likely N-dealkylation sites (tertiary alicyclic amines) is 1. The number of Topliss-reactive ketones (excluding diaryl/α,β-unsaturated/α-hetero) is 2. The molecule has 2 heterocycles. The van der Waals surface area contributed by atoms with Gasteiger partial charge in [-0.15, -0.1) is 11.6 Å². The molecular formula is C25H23ClFN3O3. The summed E-state index contributed by atoms with van der Waals surface area (Å²) in [5.74, 6) is -1.21. The van der Waals surface area contributed by atoms with Gasteiger partial charge in [0.1, 0.15) is 22.9 Å². The first-order valence-corrected chi connectivity index (χ1v) is 11.4. The molecule has 0 spiro atoms. The van der Waals surface area contributed by atoms with Crippen LogP contribution < -0.4 is 5.32 Å². The van der Waals surface area contributed by atoms with E-state index in [1.165, 1.54) is 18.3 Å². The van der Waals surface area contributed by atoms with Gasteiger partial charge in [-0.1, -0.05) is 24.3 Å². The van der Waals surface area contributed by atoms with Crippen molar-refractivity contribution < 1.29 is 18.8 Å². The number of amides is 1. The van der Waals surface area contributed by atoms with Crippen LogP contribution in [-0.2, 0) is 4.79 Å². The summed E-state index contributed by atoms with van der Waals surface area (Å²) in [6, 6.07) is 7.55. The van der Waals surface area contributed by atoms with Crippen molar-refractivity contribution >= 4 is 41.2 Å². The smallest absolute Gasteiger partial charge is 0.230 e. The number of carbonyl (C=O) groups excluding carboxylic acids is 3. The highest BCUT2D eigenvalue weighted by atomic mass is 35.5. The summed E-state index contributed by atoms with van der Waals surface area (Å²) in [6.45, 7) is 1.27. The van der Waals surface area contributed by atoms with Crippen LogP contribution in [0, 0.1) is 5.82 Å². The number of alkyl halides is 1. The molecule has 0 radical (unpaired) electrons. The zero-order valence-electron chi connectivity index (χ0n) is 17.9. The van der Waals surface area contributed by atoms with Gasteiger partial charge in [0.2, 0.25) is 17.5 Å². The number of rotatable bonds is 7. The Bertz CT molecular complexity index is 1150. The third kappa shape index (κ3) is 4.88. The minimum Gasteiger partial charge on any atom is -0.367 e. The molecule has 2 aromatic rings. The first kappa shape index (κ1) is 22.9. The number of ketones is 2. The first-order chi connectivity index (χ1) is 16.0. The molecule has 0 bridgehead atoms. The molecule has 1 N–H and O–H groups in total. The van der Waals surface area contributed by atoms with Crippen molar-refractivity contribution in [3.05, 3.63) is 76.1 Å². The Hall–Kier alpha value is -3.32. The highest BCUT2D eigenvalue weighted by Gasteiger charge is 2.38. The quantitative estimate of drug-likeness (QED) is 0.617. The Balaban J connectivity index is 1.74. The number of hydrogen-bond acceptors (Lipinski definition) is 5. The number of pyridine rings is 1. The van der Waals surface area contributed by atoms with Crippen LogP contribution in [0.4, 0.5) is 4.39 Å². The maximum absolute atomic E-state index is 13.6. The molecule has 1 saturated heterocycles. The number of nitrogens with one attached hydrogen (secondary N) is 1. The number of allylic oxidation sites excluding steroid dienone is 2. The maximum Gasteiger partial charge on any atom is 0.230 e. The van der Waals surface area contributed by atoms with Crippen molar-refractivity contribution in [1.29, 1.82) is 0 Å². The second kappa shape index (κ2) is 10.1. The normalized spacial score (nSPS) is 16.0. The van der Waals surface area contributed by atoms with E-state index >= 15 is 0 Å². The number of aromatic nitrogens is 1. The van der Waals surface area contributed by atoms with Crippen molar-refractivity contribution in [2.45, 2.75) is 25.7 Å². The van der Waals surface area contributed by atoms with Gasteiger partial charge >= 0.3 is 0 Å². The summed E-state index contributed by atoms with van der Waals surface area (Å²) >= 11 is 5.70. The van der Waals surface area contributed by atoms with Crippen molar-refractivity contribution in [2.24, 2.45) is 0 Å². The molecule has 1 aromatic heterocycles. The highest BCUT2D eigenvalue weighted by molar-refractivity contribution is 6.27. The Morgan fingerprint density at radius 3 is 2.52 bits per heavy atom. The minimum atomic E-state index is -0.447. The fourth-order valence-corrected chi connectivity index (χ4v) is 4.17. The molecule has 1 aliphatic carbocycles. The van der Waals surface area contributed by atoms with E-state index in [1.807, 2.05) is 4.90 Å². The van der Waals surface area contributed by atoms with Gasteiger partial charge in [0.15, 0.2) is 0 Å². The molecule has 1 aromatic carbocycles. The molecule has 6 nitrogen and oxygen atoms in total. The summed E-state index contributed by atoms with van der Waals surface area (Å²) in [5.41, 5.74) is 1.66. The monoisotopic (exact) mass is 467 g/mol. The Morgan fingerprint density at radius 2 is 1.82 bits per heavy atom. The van der Waals surface area contributed by atoms with Crippen LogP contribution in [-0.4, -0.2) is 46.3 Å². The summed E-state index contributed by atoms with van der Waals surface area (Å²) in [5, 5.41) is 2.69. The molecule has 4 rings (SSSR count). The summed E-state index contributed by atoms with van der Waals surface area (Å²) < 4.78 is 13.2. The molecule has 2 aliphatic rings. The predicted molar refractivity (Wildman–Crippen MR) is 124 cm³/mol. The number of carbonyl (C=O) groups is 3. The van der Waals surface area contributed by atoms with Gasteiger partial charge in [-0.2, -0.15) is 0 Å². The molecule has 33 heavy (non-hydrogen) atoms. The second-order valence-corrected chi connectivity index (χ2v) is 8.30. The van der Waals surface area contributed by atoms with E-state index in [-0.39, 0.29) is 46.6 Å². The molecule has 0 saturated carbocycles. The molecule has 1 amide bonds. The average molecular weight is 468 g/mol. The topological polar surface area (TPSA) is 79.4 Å². The zero-order valence-corrected chi connectivity index (χ0v) is 18.7. The SMILES string of the molecule is O=C(CCCCl)NC1=C(N2CCCC2)C(=O)c2nccc(/C=C/c3ccc(F)cc3)c2C1=O. The lowest BCUT2D eigenvalue weighted by molar-refractivity contribution is -0.120. The van der Waals surface area contributed by atoms with Gasteiger partial charge in [-0.25, -0.2) is 4.39 Å². The largest absolute Gasteiger partial charge is 0.367 e.